The first-order valence-electron chi connectivity index (χ1n) is 9.83. The quantitative estimate of drug-likeness (QED) is 0.722. The number of hydrogen-bond donors (Lipinski definition) is 2. The number of halogens is 3. The van der Waals surface area contributed by atoms with E-state index in [1.165, 1.54) is 24.3 Å². The average Bonchev–Trinajstić information content (AvgIpc) is 3.57. The van der Waals surface area contributed by atoms with Crippen molar-refractivity contribution in [1.29, 1.82) is 0 Å². The maximum Gasteiger partial charge on any atom is 0.431 e. The highest BCUT2D eigenvalue weighted by Crippen LogP contribution is 2.37. The lowest BCUT2D eigenvalue weighted by molar-refractivity contribution is -0.154. The van der Waals surface area contributed by atoms with Crippen LogP contribution in [-0.4, -0.2) is 42.9 Å². The fourth-order valence-corrected chi connectivity index (χ4v) is 3.53. The van der Waals surface area contributed by atoms with Gasteiger partial charge in [-0.3, -0.25) is 9.59 Å². The third-order valence-corrected chi connectivity index (χ3v) is 5.29. The Morgan fingerprint density at radius 2 is 1.90 bits per heavy atom. The van der Waals surface area contributed by atoms with Crippen LogP contribution in [0.3, 0.4) is 0 Å². The van der Waals surface area contributed by atoms with Gasteiger partial charge in [-0.2, -0.15) is 13.2 Å². The Kier molecular flexibility index (Phi) is 5.76. The smallest absolute Gasteiger partial charge is 0.431 e. The van der Waals surface area contributed by atoms with Crippen LogP contribution < -0.4 is 16.0 Å². The number of rotatable bonds is 6. The Morgan fingerprint density at radius 3 is 2.52 bits per heavy atom. The molecule has 3 N–H and O–H groups in total. The number of aromatic nitrogens is 1. The first kappa shape index (κ1) is 21.4. The normalized spacial score (nSPS) is 21.6. The molecule has 10 heteroatoms. The Morgan fingerprint density at radius 1 is 1.19 bits per heavy atom. The molecule has 1 saturated heterocycles. The van der Waals surface area contributed by atoms with Crippen molar-refractivity contribution in [3.8, 4) is 16.9 Å². The summed E-state index contributed by atoms with van der Waals surface area (Å²) in [6.07, 6.45) is -2.66. The zero-order valence-electron chi connectivity index (χ0n) is 16.4. The fourth-order valence-electron chi connectivity index (χ4n) is 3.53. The molecule has 2 heterocycles. The lowest BCUT2D eigenvalue weighted by atomic mass is 10.0. The maximum absolute atomic E-state index is 13.4. The van der Waals surface area contributed by atoms with Gasteiger partial charge in [-0.15, -0.1) is 0 Å². The van der Waals surface area contributed by atoms with Crippen molar-refractivity contribution < 1.29 is 32.2 Å². The van der Waals surface area contributed by atoms with Gasteiger partial charge in [0.1, 0.15) is 29.7 Å². The van der Waals surface area contributed by atoms with Gasteiger partial charge >= 0.3 is 6.18 Å². The number of hydrogen-bond acceptors (Lipinski definition) is 5. The van der Waals surface area contributed by atoms with E-state index in [1.54, 1.807) is 4.98 Å². The second kappa shape index (κ2) is 8.35. The van der Waals surface area contributed by atoms with E-state index in [2.05, 4.69) is 0 Å². The first-order valence-corrected chi connectivity index (χ1v) is 9.83. The first-order chi connectivity index (χ1) is 14.7. The van der Waals surface area contributed by atoms with Crippen LogP contribution in [0.4, 0.5) is 13.2 Å². The Bertz CT molecular complexity index is 1020. The van der Waals surface area contributed by atoms with Crippen molar-refractivity contribution in [3.63, 3.8) is 0 Å². The van der Waals surface area contributed by atoms with Crippen molar-refractivity contribution in [2.24, 2.45) is 11.7 Å². The van der Waals surface area contributed by atoms with Crippen LogP contribution in [0.5, 0.6) is 5.75 Å². The third-order valence-electron chi connectivity index (χ3n) is 5.29. The molecule has 7 nitrogen and oxygen atoms in total. The number of amides is 1. The number of nitrogens with one attached hydrogen (secondary N) is 1. The van der Waals surface area contributed by atoms with E-state index in [-0.39, 0.29) is 29.9 Å². The molecule has 0 spiro atoms. The van der Waals surface area contributed by atoms with E-state index in [9.17, 15) is 22.8 Å². The van der Waals surface area contributed by atoms with Crippen molar-refractivity contribution in [1.82, 2.24) is 4.98 Å². The summed E-state index contributed by atoms with van der Waals surface area (Å²) in [7, 11) is 0. The predicted octanol–water partition coefficient (Wildman–Crippen LogP) is 2.73. The number of nitrogens with two attached hydrogens (primary N) is 1. The van der Waals surface area contributed by atoms with Crippen LogP contribution in [0, 0.1) is 5.92 Å². The van der Waals surface area contributed by atoms with Gasteiger partial charge in [0.05, 0.1) is 19.3 Å². The molecular formula is C21H21F3N2O5. The molecule has 31 heavy (non-hydrogen) atoms. The predicted molar refractivity (Wildman–Crippen MR) is 104 cm³/mol. The molecular weight excluding hydrogens is 417 g/mol. The fraction of sp³-hybridized carbons (Fsp3) is 0.429. The number of primary amides is 1. The third kappa shape index (κ3) is 4.91. The van der Waals surface area contributed by atoms with Crippen LogP contribution in [0.25, 0.3) is 11.1 Å². The molecule has 1 aromatic heterocycles. The van der Waals surface area contributed by atoms with Gasteiger partial charge in [-0.1, -0.05) is 12.1 Å². The Labute approximate surface area is 175 Å². The van der Waals surface area contributed by atoms with E-state index < -0.39 is 28.9 Å². The summed E-state index contributed by atoms with van der Waals surface area (Å²) in [6.45, 7) is 1.26. The standard InChI is InChI=1S/C21H21F3N2O5/c22-21(23,24)18-15(7-16(19(25)27)20(28)26-18)11-3-5-13(6-4-11)30-9-14-8-29-10-17(31-14)12-1-2-12/h3-7,12,14,17H,1-2,8-10H2,(H2,25,27)(H,26,28)/t14-,17+/m1/s1. The van der Waals surface area contributed by atoms with Crippen LogP contribution >= 0.6 is 0 Å². The molecule has 0 radical (unpaired) electrons. The van der Waals surface area contributed by atoms with E-state index in [0.717, 1.165) is 18.9 Å². The molecule has 2 aromatic rings. The molecule has 1 aromatic carbocycles. The second-order valence-electron chi connectivity index (χ2n) is 7.67. The van der Waals surface area contributed by atoms with E-state index in [0.29, 0.717) is 24.9 Å². The van der Waals surface area contributed by atoms with E-state index >= 15 is 0 Å². The number of pyridine rings is 1. The van der Waals surface area contributed by atoms with Crippen LogP contribution in [0.1, 0.15) is 28.9 Å². The summed E-state index contributed by atoms with van der Waals surface area (Å²) < 4.78 is 57.5. The SMILES string of the molecule is NC(=O)c1cc(-c2ccc(OC[C@H]3COC[C@@H](C4CC4)O3)cc2)c(C(F)(F)F)[nH]c1=O. The number of H-pyrrole nitrogens is 1. The monoisotopic (exact) mass is 438 g/mol. The largest absolute Gasteiger partial charge is 0.491 e. The van der Waals surface area contributed by atoms with Crippen molar-refractivity contribution in [2.75, 3.05) is 19.8 Å². The second-order valence-corrected chi connectivity index (χ2v) is 7.67. The van der Waals surface area contributed by atoms with Gasteiger partial charge in [-0.25, -0.2) is 0 Å². The van der Waals surface area contributed by atoms with Crippen molar-refractivity contribution in [3.05, 3.63) is 51.9 Å². The highest BCUT2D eigenvalue weighted by atomic mass is 19.4. The number of ether oxygens (including phenoxy) is 3. The number of benzene rings is 1. The topological polar surface area (TPSA) is 104 Å². The summed E-state index contributed by atoms with van der Waals surface area (Å²) in [5.74, 6) is -0.128. The molecule has 2 atom stereocenters. The van der Waals surface area contributed by atoms with Gasteiger partial charge in [0.15, 0.2) is 0 Å². The van der Waals surface area contributed by atoms with Crippen LogP contribution in [-0.2, 0) is 15.7 Å². The zero-order chi connectivity index (χ0) is 22.2. The van der Waals surface area contributed by atoms with Gasteiger partial charge < -0.3 is 24.9 Å². The van der Waals surface area contributed by atoms with Crippen molar-refractivity contribution in [2.45, 2.75) is 31.2 Å². The van der Waals surface area contributed by atoms with Gasteiger partial charge in [0, 0.05) is 5.56 Å². The highest BCUT2D eigenvalue weighted by Gasteiger charge is 2.37. The lowest BCUT2D eigenvalue weighted by Crippen LogP contribution is -2.40. The lowest BCUT2D eigenvalue weighted by Gasteiger charge is -2.30. The summed E-state index contributed by atoms with van der Waals surface area (Å²) >= 11 is 0. The molecule has 0 unspecified atom stereocenters. The molecule has 166 valence electrons. The number of carbonyl (C=O) groups excluding carboxylic acids is 1. The van der Waals surface area contributed by atoms with Crippen LogP contribution in [0.15, 0.2) is 35.1 Å². The molecule has 0 bridgehead atoms. The maximum atomic E-state index is 13.4. The minimum atomic E-state index is -4.82. The summed E-state index contributed by atoms with van der Waals surface area (Å²) in [5, 5.41) is 0. The van der Waals surface area contributed by atoms with Gasteiger partial charge in [0.2, 0.25) is 0 Å². The molecule has 1 aliphatic heterocycles. The average molecular weight is 438 g/mol. The minimum absolute atomic E-state index is 0.0882. The van der Waals surface area contributed by atoms with Gasteiger partial charge in [-0.05, 0) is 42.5 Å². The molecule has 4 rings (SSSR count). The number of aromatic amines is 1. The summed E-state index contributed by atoms with van der Waals surface area (Å²) in [4.78, 5) is 24.9. The molecule has 2 aliphatic rings. The van der Waals surface area contributed by atoms with E-state index in [1.807, 2.05) is 0 Å². The number of carbonyl (C=O) groups is 1. The minimum Gasteiger partial charge on any atom is -0.491 e. The van der Waals surface area contributed by atoms with Gasteiger partial charge in [0.25, 0.3) is 11.5 Å². The highest BCUT2D eigenvalue weighted by molar-refractivity contribution is 5.94. The number of alkyl halides is 3. The van der Waals surface area contributed by atoms with E-state index in [4.69, 9.17) is 19.9 Å². The Balaban J connectivity index is 1.50. The summed E-state index contributed by atoms with van der Waals surface area (Å²) in [5.41, 5.74) is 1.89. The summed E-state index contributed by atoms with van der Waals surface area (Å²) in [6, 6.07) is 6.69. The molecule has 1 aliphatic carbocycles. The zero-order valence-corrected chi connectivity index (χ0v) is 16.4. The molecule has 1 saturated carbocycles. The van der Waals surface area contributed by atoms with Crippen LogP contribution in [0.2, 0.25) is 0 Å². The Hall–Kier alpha value is -2.85. The molecule has 2 fully saturated rings. The molecule has 1 amide bonds. The van der Waals surface area contributed by atoms with Crippen molar-refractivity contribution >= 4 is 5.91 Å².